The second kappa shape index (κ2) is 5.77. The quantitative estimate of drug-likeness (QED) is 0.800. The number of carbonyl (C=O) groups excluding carboxylic acids is 1. The number of hydrogen-bond acceptors (Lipinski definition) is 5. The van der Waals surface area contributed by atoms with Gasteiger partial charge in [0.25, 0.3) is 0 Å². The molecular weight excluding hydrogens is 326 g/mol. The van der Waals surface area contributed by atoms with Gasteiger partial charge in [0.1, 0.15) is 11.0 Å². The summed E-state index contributed by atoms with van der Waals surface area (Å²) in [5, 5.41) is 9.09. The minimum Gasteiger partial charge on any atom is -0.378 e. The van der Waals surface area contributed by atoms with Crippen molar-refractivity contribution < 1.29 is 17.4 Å². The Morgan fingerprint density at radius 2 is 1.92 bits per heavy atom. The zero-order valence-electron chi connectivity index (χ0n) is 13.2. The van der Waals surface area contributed by atoms with Crippen LogP contribution >= 0.6 is 0 Å². The lowest BCUT2D eigenvalue weighted by molar-refractivity contribution is 0.0989. The van der Waals surface area contributed by atoms with Gasteiger partial charge in [-0.1, -0.05) is 25.1 Å². The molecule has 0 spiro atoms. The summed E-state index contributed by atoms with van der Waals surface area (Å²) in [5.74, 6) is -0.0668. The van der Waals surface area contributed by atoms with Gasteiger partial charge in [0.15, 0.2) is 11.5 Å². The van der Waals surface area contributed by atoms with E-state index < -0.39 is 10.1 Å². The van der Waals surface area contributed by atoms with Crippen molar-refractivity contribution in [2.24, 2.45) is 0 Å². The SMILES string of the molecule is Cc1ccc(OS(=O)(=O)c2ccccc2C#N)c2c1C(C)CC2=O. The summed E-state index contributed by atoms with van der Waals surface area (Å²) in [7, 11) is -4.21. The molecule has 6 heteroatoms. The van der Waals surface area contributed by atoms with E-state index in [1.54, 1.807) is 12.1 Å². The first-order valence-electron chi connectivity index (χ1n) is 7.45. The molecule has 0 fully saturated rings. The van der Waals surface area contributed by atoms with Gasteiger partial charge in [-0.25, -0.2) is 0 Å². The van der Waals surface area contributed by atoms with Crippen LogP contribution in [-0.4, -0.2) is 14.2 Å². The Kier molecular flexibility index (Phi) is 3.90. The predicted octanol–water partition coefficient (Wildman–Crippen LogP) is 3.32. The highest BCUT2D eigenvalue weighted by Crippen LogP contribution is 2.41. The summed E-state index contributed by atoms with van der Waals surface area (Å²) in [6, 6.07) is 10.9. The molecule has 0 aromatic heterocycles. The molecule has 0 amide bonds. The first-order valence-corrected chi connectivity index (χ1v) is 8.86. The Hall–Kier alpha value is -2.65. The van der Waals surface area contributed by atoms with E-state index in [9.17, 15) is 13.2 Å². The molecule has 0 N–H and O–H groups in total. The number of fused-ring (bicyclic) bond motifs is 1. The van der Waals surface area contributed by atoms with Crippen LogP contribution in [0.4, 0.5) is 0 Å². The molecule has 0 aliphatic heterocycles. The largest absolute Gasteiger partial charge is 0.378 e. The highest BCUT2D eigenvalue weighted by molar-refractivity contribution is 7.87. The molecule has 0 saturated heterocycles. The topological polar surface area (TPSA) is 84.2 Å². The number of nitrogens with zero attached hydrogens (tertiary/aromatic N) is 1. The lowest BCUT2D eigenvalue weighted by Crippen LogP contribution is -2.13. The van der Waals surface area contributed by atoms with Crippen molar-refractivity contribution in [3.63, 3.8) is 0 Å². The van der Waals surface area contributed by atoms with E-state index in [2.05, 4.69) is 0 Å². The smallest absolute Gasteiger partial charge is 0.340 e. The van der Waals surface area contributed by atoms with Crippen LogP contribution < -0.4 is 4.18 Å². The second-order valence-corrected chi connectivity index (χ2v) is 7.36. The van der Waals surface area contributed by atoms with Gasteiger partial charge < -0.3 is 4.18 Å². The van der Waals surface area contributed by atoms with Crippen molar-refractivity contribution in [2.45, 2.75) is 31.1 Å². The van der Waals surface area contributed by atoms with Crippen molar-refractivity contribution in [1.82, 2.24) is 0 Å². The van der Waals surface area contributed by atoms with Crippen LogP contribution in [0, 0.1) is 18.3 Å². The van der Waals surface area contributed by atoms with E-state index in [1.165, 1.54) is 24.3 Å². The third kappa shape index (κ3) is 2.57. The Morgan fingerprint density at radius 1 is 1.21 bits per heavy atom. The molecule has 5 nitrogen and oxygen atoms in total. The van der Waals surface area contributed by atoms with E-state index in [-0.39, 0.29) is 27.9 Å². The maximum atomic E-state index is 12.6. The zero-order chi connectivity index (χ0) is 17.5. The number of nitriles is 1. The van der Waals surface area contributed by atoms with Crippen molar-refractivity contribution in [2.75, 3.05) is 0 Å². The molecular formula is C18H15NO4S. The molecule has 1 atom stereocenters. The van der Waals surface area contributed by atoms with Gasteiger partial charge >= 0.3 is 10.1 Å². The fourth-order valence-electron chi connectivity index (χ4n) is 3.12. The summed E-state index contributed by atoms with van der Waals surface area (Å²) in [5.41, 5.74) is 2.10. The number of carbonyl (C=O) groups is 1. The number of benzene rings is 2. The normalized spacial score (nSPS) is 16.5. The second-order valence-electron chi connectivity index (χ2n) is 5.84. The van der Waals surface area contributed by atoms with Crippen molar-refractivity contribution >= 4 is 15.9 Å². The fourth-order valence-corrected chi connectivity index (χ4v) is 4.21. The number of aryl methyl sites for hydroxylation is 1. The number of Topliss-reactive ketones (excluding diaryl/α,β-unsaturated/α-hetero) is 1. The highest BCUT2D eigenvalue weighted by atomic mass is 32.2. The maximum absolute atomic E-state index is 12.6. The van der Waals surface area contributed by atoms with Crippen molar-refractivity contribution in [1.29, 1.82) is 5.26 Å². The van der Waals surface area contributed by atoms with Crippen LogP contribution in [0.25, 0.3) is 0 Å². The standard InChI is InChI=1S/C18H15NO4S/c1-11-7-8-15(18-14(20)9-12(2)17(11)18)23-24(21,22)16-6-4-3-5-13(16)10-19/h3-8,12H,9H2,1-2H3. The minimum atomic E-state index is -4.21. The first-order chi connectivity index (χ1) is 11.3. The molecule has 2 aromatic rings. The first kappa shape index (κ1) is 16.2. The number of rotatable bonds is 3. The summed E-state index contributed by atoms with van der Waals surface area (Å²) in [4.78, 5) is 12.1. The van der Waals surface area contributed by atoms with Crippen LogP contribution in [0.1, 0.15) is 46.3 Å². The molecule has 0 heterocycles. The average molecular weight is 341 g/mol. The average Bonchev–Trinajstić information content (AvgIpc) is 2.85. The van der Waals surface area contributed by atoms with E-state index in [0.29, 0.717) is 12.0 Å². The van der Waals surface area contributed by atoms with Crippen LogP contribution in [0.15, 0.2) is 41.3 Å². The molecule has 1 aliphatic rings. The number of ketones is 1. The van der Waals surface area contributed by atoms with Gasteiger partial charge in [-0.3, -0.25) is 4.79 Å². The monoisotopic (exact) mass is 341 g/mol. The summed E-state index contributed by atoms with van der Waals surface area (Å²) < 4.78 is 30.4. The molecule has 122 valence electrons. The van der Waals surface area contributed by atoms with Gasteiger partial charge in [0, 0.05) is 6.42 Å². The Morgan fingerprint density at radius 3 is 2.62 bits per heavy atom. The third-order valence-electron chi connectivity index (χ3n) is 4.16. The van der Waals surface area contributed by atoms with Gasteiger partial charge in [0.2, 0.25) is 0 Å². The summed E-state index contributed by atoms with van der Waals surface area (Å²) in [6.45, 7) is 3.82. The van der Waals surface area contributed by atoms with Gasteiger partial charge in [-0.15, -0.1) is 0 Å². The van der Waals surface area contributed by atoms with E-state index >= 15 is 0 Å². The molecule has 2 aromatic carbocycles. The Labute approximate surface area is 140 Å². The zero-order valence-corrected chi connectivity index (χ0v) is 14.1. The van der Waals surface area contributed by atoms with Crippen LogP contribution in [0.2, 0.25) is 0 Å². The van der Waals surface area contributed by atoms with Gasteiger partial charge in [-0.2, -0.15) is 13.7 Å². The van der Waals surface area contributed by atoms with E-state index in [0.717, 1.165) is 11.1 Å². The van der Waals surface area contributed by atoms with Crippen LogP contribution in [-0.2, 0) is 10.1 Å². The van der Waals surface area contributed by atoms with E-state index in [4.69, 9.17) is 9.44 Å². The Balaban J connectivity index is 2.10. The summed E-state index contributed by atoms with van der Waals surface area (Å²) >= 11 is 0. The molecule has 3 rings (SSSR count). The number of hydrogen-bond donors (Lipinski definition) is 0. The lowest BCUT2D eigenvalue weighted by atomic mass is 9.98. The fraction of sp³-hybridized carbons (Fsp3) is 0.222. The maximum Gasteiger partial charge on any atom is 0.340 e. The van der Waals surface area contributed by atoms with Gasteiger partial charge in [-0.05, 0) is 42.2 Å². The van der Waals surface area contributed by atoms with Crippen LogP contribution in [0.5, 0.6) is 5.75 Å². The molecule has 1 unspecified atom stereocenters. The molecule has 1 aliphatic carbocycles. The van der Waals surface area contributed by atoms with Crippen molar-refractivity contribution in [3.05, 3.63) is 58.7 Å². The van der Waals surface area contributed by atoms with Crippen molar-refractivity contribution in [3.8, 4) is 11.8 Å². The Bertz CT molecular complexity index is 987. The minimum absolute atomic E-state index is 0.000881. The van der Waals surface area contributed by atoms with E-state index in [1.807, 2.05) is 19.9 Å². The predicted molar refractivity (Wildman–Crippen MR) is 87.5 cm³/mol. The molecule has 0 bridgehead atoms. The molecule has 24 heavy (non-hydrogen) atoms. The third-order valence-corrected chi connectivity index (χ3v) is 5.46. The van der Waals surface area contributed by atoms with Gasteiger partial charge in [0.05, 0.1) is 11.1 Å². The lowest BCUT2D eigenvalue weighted by Gasteiger charge is -2.13. The van der Waals surface area contributed by atoms with Crippen LogP contribution in [0.3, 0.4) is 0 Å². The molecule has 0 saturated carbocycles. The summed E-state index contributed by atoms with van der Waals surface area (Å²) in [6.07, 6.45) is 0.339. The molecule has 0 radical (unpaired) electrons. The highest BCUT2D eigenvalue weighted by Gasteiger charge is 2.33.